The lowest BCUT2D eigenvalue weighted by Gasteiger charge is -2.33. The maximum Gasteiger partial charge on any atom is 0.225 e. The summed E-state index contributed by atoms with van der Waals surface area (Å²) in [7, 11) is 0. The number of rotatable bonds is 2. The fraction of sp³-hybridized carbons (Fsp3) is 0.636. The van der Waals surface area contributed by atoms with Crippen molar-refractivity contribution in [1.29, 1.82) is 0 Å². The van der Waals surface area contributed by atoms with E-state index >= 15 is 0 Å². The molecule has 2 heterocycles. The van der Waals surface area contributed by atoms with Crippen molar-refractivity contribution in [2.75, 3.05) is 18.0 Å². The van der Waals surface area contributed by atoms with Crippen molar-refractivity contribution in [3.63, 3.8) is 0 Å². The monoisotopic (exact) mass is 207 g/mol. The molecule has 15 heavy (non-hydrogen) atoms. The van der Waals surface area contributed by atoms with Crippen LogP contribution in [0.4, 0.5) is 5.95 Å². The van der Waals surface area contributed by atoms with Gasteiger partial charge in [0.05, 0.1) is 6.10 Å². The smallest absolute Gasteiger partial charge is 0.225 e. The molecule has 4 heteroatoms. The van der Waals surface area contributed by atoms with Crippen molar-refractivity contribution in [2.24, 2.45) is 5.92 Å². The van der Waals surface area contributed by atoms with E-state index in [9.17, 15) is 5.11 Å². The second-order valence-electron chi connectivity index (χ2n) is 4.14. The molecule has 0 radical (unpaired) electrons. The molecule has 1 saturated heterocycles. The Labute approximate surface area is 90.0 Å². The van der Waals surface area contributed by atoms with Crippen molar-refractivity contribution >= 4 is 5.95 Å². The highest BCUT2D eigenvalue weighted by molar-refractivity contribution is 5.29. The van der Waals surface area contributed by atoms with E-state index in [1.54, 1.807) is 12.4 Å². The average Bonchev–Trinajstić information content (AvgIpc) is 2.30. The molecule has 2 rings (SSSR count). The van der Waals surface area contributed by atoms with E-state index in [0.29, 0.717) is 5.92 Å². The predicted octanol–water partition coefficient (Wildman–Crippen LogP) is 1.07. The van der Waals surface area contributed by atoms with E-state index in [1.165, 1.54) is 0 Å². The SMILES string of the molecule is CC(O)C1CCCN(c2ncccn2)C1. The number of hydrogen-bond donors (Lipinski definition) is 1. The van der Waals surface area contributed by atoms with E-state index in [2.05, 4.69) is 14.9 Å². The van der Waals surface area contributed by atoms with Gasteiger partial charge in [-0.15, -0.1) is 0 Å². The van der Waals surface area contributed by atoms with Gasteiger partial charge in [0.25, 0.3) is 0 Å². The van der Waals surface area contributed by atoms with Crippen molar-refractivity contribution in [1.82, 2.24) is 9.97 Å². The zero-order valence-electron chi connectivity index (χ0n) is 9.00. The Balaban J connectivity index is 2.05. The second kappa shape index (κ2) is 4.57. The fourth-order valence-corrected chi connectivity index (χ4v) is 2.04. The first-order valence-electron chi connectivity index (χ1n) is 5.47. The molecule has 4 nitrogen and oxygen atoms in total. The topological polar surface area (TPSA) is 49.2 Å². The standard InChI is InChI=1S/C11H17N3O/c1-9(15)10-4-2-7-14(8-10)11-12-5-3-6-13-11/h3,5-6,9-10,15H,2,4,7-8H2,1H3. The second-order valence-corrected chi connectivity index (χ2v) is 4.14. The summed E-state index contributed by atoms with van der Waals surface area (Å²) in [5, 5.41) is 9.57. The van der Waals surface area contributed by atoms with Crippen molar-refractivity contribution in [2.45, 2.75) is 25.9 Å². The quantitative estimate of drug-likeness (QED) is 0.788. The van der Waals surface area contributed by atoms with Crippen LogP contribution in [0.3, 0.4) is 0 Å². The molecule has 0 saturated carbocycles. The molecule has 1 aliphatic heterocycles. The minimum Gasteiger partial charge on any atom is -0.393 e. The molecule has 0 amide bonds. The fourth-order valence-electron chi connectivity index (χ4n) is 2.04. The van der Waals surface area contributed by atoms with Crippen LogP contribution in [0.15, 0.2) is 18.5 Å². The van der Waals surface area contributed by atoms with E-state index in [-0.39, 0.29) is 6.10 Å². The molecule has 82 valence electrons. The molecule has 1 fully saturated rings. The van der Waals surface area contributed by atoms with Crippen molar-refractivity contribution < 1.29 is 5.11 Å². The minimum absolute atomic E-state index is 0.239. The van der Waals surface area contributed by atoms with Gasteiger partial charge in [0.2, 0.25) is 5.95 Å². The van der Waals surface area contributed by atoms with Crippen LogP contribution in [0, 0.1) is 5.92 Å². The number of anilines is 1. The van der Waals surface area contributed by atoms with E-state index < -0.39 is 0 Å². The highest BCUT2D eigenvalue weighted by Gasteiger charge is 2.24. The van der Waals surface area contributed by atoms with Crippen LogP contribution in [-0.2, 0) is 0 Å². The van der Waals surface area contributed by atoms with Gasteiger partial charge >= 0.3 is 0 Å². The van der Waals surface area contributed by atoms with Gasteiger partial charge in [0, 0.05) is 31.4 Å². The van der Waals surface area contributed by atoms with Crippen LogP contribution >= 0.6 is 0 Å². The lowest BCUT2D eigenvalue weighted by molar-refractivity contribution is 0.114. The third kappa shape index (κ3) is 2.45. The number of aromatic nitrogens is 2. The van der Waals surface area contributed by atoms with Gasteiger partial charge < -0.3 is 10.0 Å². The Hall–Kier alpha value is -1.16. The Kier molecular flexibility index (Phi) is 3.16. The molecule has 1 aromatic rings. The number of hydrogen-bond acceptors (Lipinski definition) is 4. The van der Waals surface area contributed by atoms with Gasteiger partial charge in [-0.05, 0) is 25.8 Å². The molecule has 1 N–H and O–H groups in total. The van der Waals surface area contributed by atoms with Gasteiger partial charge in [-0.1, -0.05) is 0 Å². The molecule has 0 bridgehead atoms. The zero-order valence-corrected chi connectivity index (χ0v) is 9.00. The van der Waals surface area contributed by atoms with Crippen LogP contribution in [0.2, 0.25) is 0 Å². The average molecular weight is 207 g/mol. The van der Waals surface area contributed by atoms with Gasteiger partial charge in [-0.3, -0.25) is 0 Å². The molecule has 0 aromatic carbocycles. The predicted molar refractivity (Wildman–Crippen MR) is 58.6 cm³/mol. The molecule has 2 atom stereocenters. The summed E-state index contributed by atoms with van der Waals surface area (Å²) in [5.74, 6) is 1.13. The minimum atomic E-state index is -0.239. The number of aliphatic hydroxyl groups is 1. The largest absolute Gasteiger partial charge is 0.393 e. The van der Waals surface area contributed by atoms with Crippen LogP contribution in [0.25, 0.3) is 0 Å². The highest BCUT2D eigenvalue weighted by atomic mass is 16.3. The van der Waals surface area contributed by atoms with E-state index in [1.807, 2.05) is 13.0 Å². The first kappa shape index (κ1) is 10.4. The molecule has 2 unspecified atom stereocenters. The summed E-state index contributed by atoms with van der Waals surface area (Å²) in [6, 6.07) is 1.82. The van der Waals surface area contributed by atoms with Crippen molar-refractivity contribution in [3.05, 3.63) is 18.5 Å². The van der Waals surface area contributed by atoms with Gasteiger partial charge in [0.1, 0.15) is 0 Å². The third-order valence-corrected chi connectivity index (χ3v) is 2.98. The lowest BCUT2D eigenvalue weighted by atomic mass is 9.94. The Morgan fingerprint density at radius 3 is 2.87 bits per heavy atom. The third-order valence-electron chi connectivity index (χ3n) is 2.98. The van der Waals surface area contributed by atoms with Gasteiger partial charge in [-0.2, -0.15) is 0 Å². The molecule has 1 aromatic heterocycles. The first-order chi connectivity index (χ1) is 7.27. The lowest BCUT2D eigenvalue weighted by Crippen LogP contribution is -2.40. The van der Waals surface area contributed by atoms with Crippen LogP contribution in [0.1, 0.15) is 19.8 Å². The molecular weight excluding hydrogens is 190 g/mol. The maximum atomic E-state index is 9.57. The number of aliphatic hydroxyl groups excluding tert-OH is 1. The van der Waals surface area contributed by atoms with Crippen LogP contribution in [-0.4, -0.2) is 34.3 Å². The summed E-state index contributed by atoms with van der Waals surface area (Å²) in [5.41, 5.74) is 0. The van der Waals surface area contributed by atoms with E-state index in [0.717, 1.165) is 31.9 Å². The molecule has 0 aliphatic carbocycles. The summed E-state index contributed by atoms with van der Waals surface area (Å²) >= 11 is 0. The summed E-state index contributed by atoms with van der Waals surface area (Å²) in [6.07, 6.45) is 5.48. The first-order valence-corrected chi connectivity index (χ1v) is 5.47. The Bertz CT molecular complexity index is 302. The molecule has 1 aliphatic rings. The molecule has 0 spiro atoms. The maximum absolute atomic E-state index is 9.57. The normalized spacial score (nSPS) is 23.9. The van der Waals surface area contributed by atoms with Crippen molar-refractivity contribution in [3.8, 4) is 0 Å². The summed E-state index contributed by atoms with van der Waals surface area (Å²) < 4.78 is 0. The summed E-state index contributed by atoms with van der Waals surface area (Å²) in [4.78, 5) is 10.6. The van der Waals surface area contributed by atoms with Gasteiger partial charge in [0.15, 0.2) is 0 Å². The van der Waals surface area contributed by atoms with Crippen LogP contribution in [0.5, 0.6) is 0 Å². The van der Waals surface area contributed by atoms with Gasteiger partial charge in [-0.25, -0.2) is 9.97 Å². The molecular formula is C11H17N3O. The zero-order chi connectivity index (χ0) is 10.7. The Morgan fingerprint density at radius 1 is 1.47 bits per heavy atom. The van der Waals surface area contributed by atoms with Crippen LogP contribution < -0.4 is 4.90 Å². The highest BCUT2D eigenvalue weighted by Crippen LogP contribution is 2.22. The summed E-state index contributed by atoms with van der Waals surface area (Å²) in [6.45, 7) is 3.72. The van der Waals surface area contributed by atoms with E-state index in [4.69, 9.17) is 0 Å². The number of nitrogens with zero attached hydrogens (tertiary/aromatic N) is 3. The number of piperidine rings is 1. The Morgan fingerprint density at radius 2 is 2.20 bits per heavy atom.